The van der Waals surface area contributed by atoms with E-state index in [1.807, 2.05) is 37.3 Å². The highest BCUT2D eigenvalue weighted by Crippen LogP contribution is 2.24. The molecule has 180 valence electrons. The van der Waals surface area contributed by atoms with Crippen molar-refractivity contribution in [3.05, 3.63) is 65.2 Å². The highest BCUT2D eigenvalue weighted by molar-refractivity contribution is 14.0. The number of carbonyl (C=O) groups excluding carboxylic acids is 1. The Morgan fingerprint density at radius 3 is 2.67 bits per heavy atom. The topological polar surface area (TPSA) is 75.2 Å². The van der Waals surface area contributed by atoms with Crippen LogP contribution in [0.25, 0.3) is 0 Å². The van der Waals surface area contributed by atoms with Gasteiger partial charge in [-0.15, -0.1) is 24.0 Å². The molecule has 2 N–H and O–H groups in total. The van der Waals surface area contributed by atoms with Gasteiger partial charge < -0.3 is 25.0 Å². The van der Waals surface area contributed by atoms with E-state index >= 15 is 0 Å². The molecule has 3 rings (SSSR count). The molecule has 1 saturated heterocycles. The fraction of sp³-hybridized carbons (Fsp3) is 0.440. The van der Waals surface area contributed by atoms with Crippen LogP contribution in [-0.2, 0) is 16.1 Å². The lowest BCUT2D eigenvalue weighted by atomic mass is 10.1. The first-order chi connectivity index (χ1) is 15.4. The van der Waals surface area contributed by atoms with Crippen molar-refractivity contribution in [2.75, 3.05) is 33.9 Å². The molecule has 33 heavy (non-hydrogen) atoms. The number of benzene rings is 2. The maximum atomic E-state index is 12.1. The summed E-state index contributed by atoms with van der Waals surface area (Å²) < 4.78 is 11.7. The van der Waals surface area contributed by atoms with E-state index < -0.39 is 0 Å². The van der Waals surface area contributed by atoms with Crippen molar-refractivity contribution in [1.29, 1.82) is 0 Å². The summed E-state index contributed by atoms with van der Waals surface area (Å²) in [5, 5.41) is 6.57. The number of aryl methyl sites for hydroxylation is 1. The summed E-state index contributed by atoms with van der Waals surface area (Å²) in [6, 6.07) is 16.3. The number of aliphatic imine (C=N–C) groups is 1. The van der Waals surface area contributed by atoms with Crippen LogP contribution in [0.15, 0.2) is 53.5 Å². The van der Waals surface area contributed by atoms with E-state index in [1.165, 1.54) is 0 Å². The van der Waals surface area contributed by atoms with Crippen LogP contribution in [-0.4, -0.2) is 56.7 Å². The van der Waals surface area contributed by atoms with Crippen LogP contribution in [0.4, 0.5) is 0 Å². The van der Waals surface area contributed by atoms with Gasteiger partial charge >= 0.3 is 0 Å². The van der Waals surface area contributed by atoms with Gasteiger partial charge in [-0.3, -0.25) is 4.79 Å². The molecule has 1 aliphatic rings. The molecule has 2 aromatic rings. The zero-order chi connectivity index (χ0) is 22.9. The Morgan fingerprint density at radius 1 is 1.24 bits per heavy atom. The van der Waals surface area contributed by atoms with Gasteiger partial charge in [-0.1, -0.05) is 42.5 Å². The number of guanidine groups is 1. The second-order valence-corrected chi connectivity index (χ2v) is 8.30. The summed E-state index contributed by atoms with van der Waals surface area (Å²) in [4.78, 5) is 18.4. The monoisotopic (exact) mass is 566 g/mol. The Balaban J connectivity index is 0.00000385. The lowest BCUT2D eigenvalue weighted by Crippen LogP contribution is -2.43. The first-order valence-corrected chi connectivity index (χ1v) is 11.1. The largest absolute Gasteiger partial charge is 0.488 e. The van der Waals surface area contributed by atoms with Crippen molar-refractivity contribution in [3.8, 4) is 5.75 Å². The van der Waals surface area contributed by atoms with Gasteiger partial charge in [0.2, 0.25) is 5.91 Å². The van der Waals surface area contributed by atoms with Crippen molar-refractivity contribution in [2.45, 2.75) is 39.0 Å². The molecule has 2 aromatic carbocycles. The number of hydrogen-bond acceptors (Lipinski definition) is 4. The molecule has 8 heteroatoms. The van der Waals surface area contributed by atoms with Crippen molar-refractivity contribution in [2.24, 2.45) is 4.99 Å². The van der Waals surface area contributed by atoms with Crippen molar-refractivity contribution in [3.63, 3.8) is 0 Å². The maximum absolute atomic E-state index is 12.1. The van der Waals surface area contributed by atoms with Crippen LogP contribution in [0.1, 0.15) is 36.1 Å². The smallest absolute Gasteiger partial charge is 0.241 e. The molecule has 1 fully saturated rings. The SMILES string of the molecule is Cc1ccc(CN=C(NCC(=O)N(C)C)NC(C)c2ccccc2)c(OC2CCOC2)c1.I. The third-order valence-corrected chi connectivity index (χ3v) is 5.37. The highest BCUT2D eigenvalue weighted by atomic mass is 127. The molecule has 1 aliphatic heterocycles. The maximum Gasteiger partial charge on any atom is 0.241 e. The average Bonchev–Trinajstić information content (AvgIpc) is 3.30. The third kappa shape index (κ3) is 8.51. The van der Waals surface area contributed by atoms with Crippen LogP contribution in [0, 0.1) is 6.92 Å². The Kier molecular flexibility index (Phi) is 10.9. The van der Waals surface area contributed by atoms with E-state index in [0.29, 0.717) is 19.1 Å². The van der Waals surface area contributed by atoms with E-state index in [4.69, 9.17) is 14.5 Å². The van der Waals surface area contributed by atoms with Gasteiger partial charge in [0.05, 0.1) is 32.3 Å². The Morgan fingerprint density at radius 2 is 2.00 bits per heavy atom. The molecule has 1 amide bonds. The molecule has 0 bridgehead atoms. The Bertz CT molecular complexity index is 915. The standard InChI is InChI=1S/C25H34N4O3.HI/c1-18-10-11-21(23(14-18)32-22-12-13-31-17-22)15-26-25(27-16-24(30)29(3)4)28-19(2)20-8-6-5-7-9-20;/h5-11,14,19,22H,12-13,15-17H2,1-4H3,(H2,26,27,28);1H. The van der Waals surface area contributed by atoms with Crippen LogP contribution in [0.5, 0.6) is 5.75 Å². The normalized spacial score (nSPS) is 16.5. The van der Waals surface area contributed by atoms with Crippen molar-refractivity contribution in [1.82, 2.24) is 15.5 Å². The fourth-order valence-electron chi connectivity index (χ4n) is 3.35. The second kappa shape index (κ2) is 13.4. The van der Waals surface area contributed by atoms with Gasteiger partial charge in [0.1, 0.15) is 11.9 Å². The second-order valence-electron chi connectivity index (χ2n) is 8.30. The van der Waals surface area contributed by atoms with Gasteiger partial charge in [-0.05, 0) is 31.0 Å². The summed E-state index contributed by atoms with van der Waals surface area (Å²) in [5.41, 5.74) is 3.27. The number of amides is 1. The summed E-state index contributed by atoms with van der Waals surface area (Å²) >= 11 is 0. The number of ether oxygens (including phenoxy) is 2. The zero-order valence-electron chi connectivity index (χ0n) is 19.8. The van der Waals surface area contributed by atoms with Gasteiger partial charge in [0.25, 0.3) is 0 Å². The molecule has 0 aliphatic carbocycles. The summed E-state index contributed by atoms with van der Waals surface area (Å²) in [7, 11) is 3.48. The first kappa shape index (κ1) is 26.9. The minimum Gasteiger partial charge on any atom is -0.488 e. The van der Waals surface area contributed by atoms with E-state index in [1.54, 1.807) is 19.0 Å². The summed E-state index contributed by atoms with van der Waals surface area (Å²) in [6.45, 7) is 6.06. The number of carbonyl (C=O) groups is 1. The molecular weight excluding hydrogens is 531 g/mol. The highest BCUT2D eigenvalue weighted by Gasteiger charge is 2.19. The third-order valence-electron chi connectivity index (χ3n) is 5.37. The lowest BCUT2D eigenvalue weighted by Gasteiger charge is -2.20. The number of nitrogens with one attached hydrogen (secondary N) is 2. The predicted molar refractivity (Wildman–Crippen MR) is 142 cm³/mol. The molecule has 0 aromatic heterocycles. The van der Waals surface area contributed by atoms with Gasteiger partial charge in [-0.25, -0.2) is 4.99 Å². The quantitative estimate of drug-likeness (QED) is 0.290. The molecule has 0 saturated carbocycles. The number of likely N-dealkylation sites (N-methyl/N-ethyl adjacent to an activating group) is 1. The van der Waals surface area contributed by atoms with Crippen molar-refractivity contribution >= 4 is 35.8 Å². The van der Waals surface area contributed by atoms with Crippen LogP contribution >= 0.6 is 24.0 Å². The number of hydrogen-bond donors (Lipinski definition) is 2. The Labute approximate surface area is 214 Å². The van der Waals surface area contributed by atoms with E-state index in [-0.39, 0.29) is 48.6 Å². The van der Waals surface area contributed by atoms with E-state index in [2.05, 4.69) is 35.8 Å². The molecule has 7 nitrogen and oxygen atoms in total. The van der Waals surface area contributed by atoms with E-state index in [9.17, 15) is 4.79 Å². The van der Waals surface area contributed by atoms with Crippen LogP contribution in [0.2, 0.25) is 0 Å². The Hall–Kier alpha value is -2.33. The number of nitrogens with zero attached hydrogens (tertiary/aromatic N) is 2. The van der Waals surface area contributed by atoms with Crippen LogP contribution < -0.4 is 15.4 Å². The predicted octanol–water partition coefficient (Wildman–Crippen LogP) is 3.67. The van der Waals surface area contributed by atoms with Crippen LogP contribution in [0.3, 0.4) is 0 Å². The molecule has 2 unspecified atom stereocenters. The van der Waals surface area contributed by atoms with E-state index in [0.717, 1.165) is 35.5 Å². The summed E-state index contributed by atoms with van der Waals surface area (Å²) in [5.74, 6) is 1.39. The minimum absolute atomic E-state index is 0. The van der Waals surface area contributed by atoms with Crippen molar-refractivity contribution < 1.29 is 14.3 Å². The molecule has 1 heterocycles. The molecule has 2 atom stereocenters. The minimum atomic E-state index is -0.0209. The molecule has 0 radical (unpaired) electrons. The number of halogens is 1. The molecular formula is C25H35IN4O3. The zero-order valence-corrected chi connectivity index (χ0v) is 22.2. The number of rotatable bonds is 8. The first-order valence-electron chi connectivity index (χ1n) is 11.1. The fourth-order valence-corrected chi connectivity index (χ4v) is 3.35. The van der Waals surface area contributed by atoms with Gasteiger partial charge in [0.15, 0.2) is 5.96 Å². The average molecular weight is 566 g/mol. The van der Waals surface area contributed by atoms with Gasteiger partial charge in [0, 0.05) is 26.1 Å². The molecule has 0 spiro atoms. The lowest BCUT2D eigenvalue weighted by molar-refractivity contribution is -0.127. The van der Waals surface area contributed by atoms with Gasteiger partial charge in [-0.2, -0.15) is 0 Å². The summed E-state index contributed by atoms with van der Waals surface area (Å²) in [6.07, 6.45) is 0.970.